The normalized spacial score (nSPS) is 16.4. The molecule has 0 atom stereocenters. The molecule has 1 aliphatic carbocycles. The van der Waals surface area contributed by atoms with Gasteiger partial charge in [-0.15, -0.1) is 0 Å². The lowest BCUT2D eigenvalue weighted by atomic mass is 9.85. The van der Waals surface area contributed by atoms with Gasteiger partial charge in [-0.25, -0.2) is 4.98 Å². The number of anilines is 1. The molecular formula is C11H15BrN2. The predicted octanol–water partition coefficient (Wildman–Crippen LogP) is 3.08. The Morgan fingerprint density at radius 3 is 2.79 bits per heavy atom. The number of aromatic nitrogens is 1. The van der Waals surface area contributed by atoms with Gasteiger partial charge in [0.1, 0.15) is 5.82 Å². The first kappa shape index (κ1) is 9.97. The quantitative estimate of drug-likeness (QED) is 0.825. The second-order valence-corrected chi connectivity index (χ2v) is 4.93. The van der Waals surface area contributed by atoms with E-state index in [4.69, 9.17) is 0 Å². The Hall–Kier alpha value is -0.570. The van der Waals surface area contributed by atoms with Gasteiger partial charge in [-0.3, -0.25) is 0 Å². The number of hydrogen-bond donors (Lipinski definition) is 0. The third-order valence-electron chi connectivity index (χ3n) is 2.86. The molecule has 0 unspecified atom stereocenters. The number of halogens is 1. The lowest BCUT2D eigenvalue weighted by Gasteiger charge is -2.30. The van der Waals surface area contributed by atoms with Crippen LogP contribution in [0.5, 0.6) is 0 Å². The summed E-state index contributed by atoms with van der Waals surface area (Å²) in [7, 11) is 2.12. The van der Waals surface area contributed by atoms with Crippen molar-refractivity contribution < 1.29 is 0 Å². The van der Waals surface area contributed by atoms with Crippen molar-refractivity contribution in [1.29, 1.82) is 0 Å². The summed E-state index contributed by atoms with van der Waals surface area (Å²) in [6.07, 6.45) is 6.04. The Morgan fingerprint density at radius 2 is 2.29 bits per heavy atom. The average molecular weight is 255 g/mol. The molecule has 0 bridgehead atoms. The molecule has 0 aliphatic heterocycles. The van der Waals surface area contributed by atoms with Crippen LogP contribution in [0.25, 0.3) is 0 Å². The van der Waals surface area contributed by atoms with Crippen molar-refractivity contribution in [2.24, 2.45) is 5.92 Å². The zero-order valence-electron chi connectivity index (χ0n) is 8.41. The SMILES string of the molecule is CN(CC1CCC1)c1ccc(Br)cn1. The highest BCUT2D eigenvalue weighted by Gasteiger charge is 2.19. The Bertz CT molecular complexity index is 293. The summed E-state index contributed by atoms with van der Waals surface area (Å²) in [4.78, 5) is 6.61. The van der Waals surface area contributed by atoms with E-state index in [9.17, 15) is 0 Å². The zero-order valence-corrected chi connectivity index (χ0v) is 10.00. The molecule has 2 nitrogen and oxygen atoms in total. The Balaban J connectivity index is 1.95. The molecule has 1 aliphatic rings. The standard InChI is InChI=1S/C11H15BrN2/c1-14(8-9-3-2-4-9)11-6-5-10(12)7-13-11/h5-7,9H,2-4,8H2,1H3. The van der Waals surface area contributed by atoms with E-state index >= 15 is 0 Å². The second kappa shape index (κ2) is 4.30. The largest absolute Gasteiger partial charge is 0.359 e. The first-order valence-corrected chi connectivity index (χ1v) is 5.87. The minimum Gasteiger partial charge on any atom is -0.359 e. The van der Waals surface area contributed by atoms with Crippen molar-refractivity contribution >= 4 is 21.7 Å². The van der Waals surface area contributed by atoms with Gasteiger partial charge < -0.3 is 4.90 Å². The maximum absolute atomic E-state index is 4.37. The highest BCUT2D eigenvalue weighted by Crippen LogP contribution is 2.27. The number of pyridine rings is 1. The lowest BCUT2D eigenvalue weighted by Crippen LogP contribution is -2.29. The third kappa shape index (κ3) is 2.27. The minimum absolute atomic E-state index is 0.894. The Kier molecular flexibility index (Phi) is 3.06. The van der Waals surface area contributed by atoms with E-state index < -0.39 is 0 Å². The van der Waals surface area contributed by atoms with Crippen molar-refractivity contribution in [1.82, 2.24) is 4.98 Å². The van der Waals surface area contributed by atoms with Crippen LogP contribution in [0, 0.1) is 5.92 Å². The van der Waals surface area contributed by atoms with Crippen LogP contribution in [-0.2, 0) is 0 Å². The maximum atomic E-state index is 4.37. The van der Waals surface area contributed by atoms with E-state index in [0.717, 1.165) is 22.8 Å². The van der Waals surface area contributed by atoms with Gasteiger partial charge in [-0.05, 0) is 46.8 Å². The molecule has 0 amide bonds. The van der Waals surface area contributed by atoms with Gasteiger partial charge in [0.05, 0.1) is 0 Å². The molecule has 0 saturated heterocycles. The Morgan fingerprint density at radius 1 is 1.50 bits per heavy atom. The summed E-state index contributed by atoms with van der Waals surface area (Å²) < 4.78 is 1.04. The molecule has 1 fully saturated rings. The topological polar surface area (TPSA) is 16.1 Å². The molecule has 0 spiro atoms. The van der Waals surface area contributed by atoms with Crippen LogP contribution in [0.4, 0.5) is 5.82 Å². The van der Waals surface area contributed by atoms with E-state index in [1.54, 1.807) is 0 Å². The molecule has 3 heteroatoms. The summed E-state index contributed by atoms with van der Waals surface area (Å²) >= 11 is 3.39. The molecule has 1 aromatic rings. The van der Waals surface area contributed by atoms with Crippen molar-refractivity contribution in [3.63, 3.8) is 0 Å². The Labute approximate surface area is 93.5 Å². The highest BCUT2D eigenvalue weighted by atomic mass is 79.9. The van der Waals surface area contributed by atoms with Gasteiger partial charge >= 0.3 is 0 Å². The van der Waals surface area contributed by atoms with Crippen LogP contribution < -0.4 is 4.90 Å². The first-order chi connectivity index (χ1) is 6.75. The summed E-state index contributed by atoms with van der Waals surface area (Å²) in [6.45, 7) is 1.15. The molecule has 1 saturated carbocycles. The number of rotatable bonds is 3. The fraction of sp³-hybridized carbons (Fsp3) is 0.545. The van der Waals surface area contributed by atoms with E-state index in [-0.39, 0.29) is 0 Å². The smallest absolute Gasteiger partial charge is 0.128 e. The van der Waals surface area contributed by atoms with Gasteiger partial charge in [-0.1, -0.05) is 6.42 Å². The van der Waals surface area contributed by atoms with Crippen LogP contribution in [0.15, 0.2) is 22.8 Å². The van der Waals surface area contributed by atoms with Crippen LogP contribution >= 0.6 is 15.9 Å². The van der Waals surface area contributed by atoms with E-state index in [1.807, 2.05) is 12.3 Å². The van der Waals surface area contributed by atoms with Gasteiger partial charge in [0.2, 0.25) is 0 Å². The van der Waals surface area contributed by atoms with Crippen molar-refractivity contribution in [2.45, 2.75) is 19.3 Å². The van der Waals surface area contributed by atoms with Crippen molar-refractivity contribution in [3.05, 3.63) is 22.8 Å². The predicted molar refractivity (Wildman–Crippen MR) is 62.5 cm³/mol. The molecule has 76 valence electrons. The molecule has 0 aromatic carbocycles. The van der Waals surface area contributed by atoms with E-state index in [1.165, 1.54) is 19.3 Å². The molecule has 1 heterocycles. The minimum atomic E-state index is 0.894. The van der Waals surface area contributed by atoms with Gasteiger partial charge in [0, 0.05) is 24.3 Å². The monoisotopic (exact) mass is 254 g/mol. The second-order valence-electron chi connectivity index (χ2n) is 4.01. The molecular weight excluding hydrogens is 240 g/mol. The maximum Gasteiger partial charge on any atom is 0.128 e. The zero-order chi connectivity index (χ0) is 9.97. The number of hydrogen-bond acceptors (Lipinski definition) is 2. The van der Waals surface area contributed by atoms with Crippen LogP contribution in [0.1, 0.15) is 19.3 Å². The van der Waals surface area contributed by atoms with Crippen molar-refractivity contribution in [3.8, 4) is 0 Å². The summed E-state index contributed by atoms with van der Waals surface area (Å²) in [5.41, 5.74) is 0. The van der Waals surface area contributed by atoms with Crippen molar-refractivity contribution in [2.75, 3.05) is 18.5 Å². The first-order valence-electron chi connectivity index (χ1n) is 5.08. The summed E-state index contributed by atoms with van der Waals surface area (Å²) in [6, 6.07) is 4.10. The van der Waals surface area contributed by atoms with E-state index in [2.05, 4.69) is 38.9 Å². The van der Waals surface area contributed by atoms with E-state index in [0.29, 0.717) is 0 Å². The van der Waals surface area contributed by atoms with Crippen LogP contribution in [0.2, 0.25) is 0 Å². The van der Waals surface area contributed by atoms with Gasteiger partial charge in [0.15, 0.2) is 0 Å². The fourth-order valence-electron chi connectivity index (χ4n) is 1.75. The lowest BCUT2D eigenvalue weighted by molar-refractivity contribution is 0.321. The fourth-order valence-corrected chi connectivity index (χ4v) is 1.98. The van der Waals surface area contributed by atoms with Crippen LogP contribution in [-0.4, -0.2) is 18.6 Å². The molecule has 14 heavy (non-hydrogen) atoms. The van der Waals surface area contributed by atoms with Gasteiger partial charge in [-0.2, -0.15) is 0 Å². The highest BCUT2D eigenvalue weighted by molar-refractivity contribution is 9.10. The molecule has 1 aromatic heterocycles. The van der Waals surface area contributed by atoms with Crippen LogP contribution in [0.3, 0.4) is 0 Å². The molecule has 0 N–H and O–H groups in total. The molecule has 2 rings (SSSR count). The average Bonchev–Trinajstić information content (AvgIpc) is 2.12. The molecule has 0 radical (unpaired) electrons. The summed E-state index contributed by atoms with van der Waals surface area (Å²) in [5.74, 6) is 1.96. The van der Waals surface area contributed by atoms with Gasteiger partial charge in [0.25, 0.3) is 0 Å². The third-order valence-corrected chi connectivity index (χ3v) is 3.33. The summed E-state index contributed by atoms with van der Waals surface area (Å²) in [5, 5.41) is 0. The number of nitrogens with zero attached hydrogens (tertiary/aromatic N) is 2.